The molecule has 2 aromatic carbocycles. The molecule has 3 rings (SSSR count). The summed E-state index contributed by atoms with van der Waals surface area (Å²) in [6, 6.07) is 11.3. The fourth-order valence-electron chi connectivity index (χ4n) is 1.79. The number of nitrogens with zero attached hydrogens (tertiary/aromatic N) is 2. The number of hydrogen-bond donors (Lipinski definition) is 1. The zero-order valence-corrected chi connectivity index (χ0v) is 10.9. The Bertz CT molecular complexity index is 773. The van der Waals surface area contributed by atoms with Crippen LogP contribution in [0.4, 0.5) is 10.1 Å². The predicted octanol–water partition coefficient (Wildman–Crippen LogP) is 3.78. The Morgan fingerprint density at radius 3 is 2.65 bits per heavy atom. The molecule has 0 radical (unpaired) electrons. The topological polar surface area (TPSA) is 64.9 Å². The number of aromatic nitrogens is 2. The fraction of sp³-hybridized carbons (Fsp3) is 0. The second-order valence-electron chi connectivity index (χ2n) is 4.14. The van der Waals surface area contributed by atoms with Crippen molar-refractivity contribution in [3.8, 4) is 22.8 Å². The van der Waals surface area contributed by atoms with Crippen molar-refractivity contribution in [2.45, 2.75) is 0 Å². The average Bonchev–Trinajstić information content (AvgIpc) is 2.88. The minimum Gasteiger partial charge on any atom is -0.399 e. The minimum atomic E-state index is -0.514. The van der Waals surface area contributed by atoms with Crippen LogP contribution >= 0.6 is 11.6 Å². The van der Waals surface area contributed by atoms with Gasteiger partial charge in [0, 0.05) is 11.3 Å². The molecule has 0 amide bonds. The highest BCUT2D eigenvalue weighted by molar-refractivity contribution is 6.33. The van der Waals surface area contributed by atoms with E-state index in [4.69, 9.17) is 21.9 Å². The quantitative estimate of drug-likeness (QED) is 0.729. The third kappa shape index (κ3) is 2.23. The maximum atomic E-state index is 13.8. The van der Waals surface area contributed by atoms with Crippen molar-refractivity contribution >= 4 is 17.3 Å². The van der Waals surface area contributed by atoms with Crippen LogP contribution in [0, 0.1) is 5.82 Å². The number of benzene rings is 2. The molecule has 0 saturated heterocycles. The zero-order valence-electron chi connectivity index (χ0n) is 10.2. The second kappa shape index (κ2) is 4.94. The van der Waals surface area contributed by atoms with Crippen molar-refractivity contribution in [2.75, 3.05) is 5.73 Å². The van der Waals surface area contributed by atoms with Crippen LogP contribution in [0.5, 0.6) is 0 Å². The van der Waals surface area contributed by atoms with Crippen molar-refractivity contribution in [3.05, 3.63) is 53.3 Å². The third-order valence-corrected chi connectivity index (χ3v) is 3.09. The van der Waals surface area contributed by atoms with Crippen molar-refractivity contribution in [1.82, 2.24) is 10.1 Å². The summed E-state index contributed by atoms with van der Waals surface area (Å²) in [5, 5.41) is 4.32. The van der Waals surface area contributed by atoms with Gasteiger partial charge in [-0.2, -0.15) is 4.98 Å². The molecule has 0 aliphatic heterocycles. The van der Waals surface area contributed by atoms with E-state index in [1.54, 1.807) is 30.3 Å². The van der Waals surface area contributed by atoms with Crippen LogP contribution in [0.25, 0.3) is 22.8 Å². The first-order valence-corrected chi connectivity index (χ1v) is 6.17. The molecule has 0 saturated carbocycles. The lowest BCUT2D eigenvalue weighted by atomic mass is 10.2. The molecule has 0 spiro atoms. The molecule has 100 valence electrons. The first-order chi connectivity index (χ1) is 9.65. The lowest BCUT2D eigenvalue weighted by Crippen LogP contribution is -1.89. The van der Waals surface area contributed by atoms with Gasteiger partial charge >= 0.3 is 0 Å². The Morgan fingerprint density at radius 1 is 1.10 bits per heavy atom. The van der Waals surface area contributed by atoms with Gasteiger partial charge in [-0.1, -0.05) is 28.9 Å². The van der Waals surface area contributed by atoms with Crippen molar-refractivity contribution < 1.29 is 8.91 Å². The average molecular weight is 290 g/mol. The second-order valence-corrected chi connectivity index (χ2v) is 4.55. The van der Waals surface area contributed by atoms with E-state index in [2.05, 4.69) is 10.1 Å². The first-order valence-electron chi connectivity index (χ1n) is 5.79. The van der Waals surface area contributed by atoms with E-state index in [-0.39, 0.29) is 11.5 Å². The fourth-order valence-corrected chi connectivity index (χ4v) is 2.01. The summed E-state index contributed by atoms with van der Waals surface area (Å²) in [5.41, 5.74) is 6.65. The van der Waals surface area contributed by atoms with Gasteiger partial charge in [0.15, 0.2) is 0 Å². The maximum absolute atomic E-state index is 13.8. The molecule has 0 aliphatic carbocycles. The van der Waals surface area contributed by atoms with E-state index in [1.165, 1.54) is 12.1 Å². The zero-order chi connectivity index (χ0) is 14.1. The van der Waals surface area contributed by atoms with E-state index in [0.717, 1.165) is 0 Å². The lowest BCUT2D eigenvalue weighted by molar-refractivity contribution is 0.429. The molecule has 1 heterocycles. The maximum Gasteiger partial charge on any atom is 0.261 e. The van der Waals surface area contributed by atoms with E-state index < -0.39 is 5.82 Å². The third-order valence-electron chi connectivity index (χ3n) is 2.76. The first kappa shape index (κ1) is 12.6. The summed E-state index contributed by atoms with van der Waals surface area (Å²) in [6.45, 7) is 0. The van der Waals surface area contributed by atoms with Crippen molar-refractivity contribution in [3.63, 3.8) is 0 Å². The molecule has 20 heavy (non-hydrogen) atoms. The lowest BCUT2D eigenvalue weighted by Gasteiger charge is -1.98. The van der Waals surface area contributed by atoms with Gasteiger partial charge < -0.3 is 10.3 Å². The minimum absolute atomic E-state index is 0.0809. The number of hydrogen-bond acceptors (Lipinski definition) is 4. The Labute approximate surface area is 119 Å². The normalized spacial score (nSPS) is 10.7. The molecule has 0 unspecified atom stereocenters. The smallest absolute Gasteiger partial charge is 0.261 e. The SMILES string of the molecule is Nc1ccc(-c2nc(-c3ccccc3Cl)no2)c(F)c1. The molecule has 3 aromatic rings. The number of anilines is 1. The highest BCUT2D eigenvalue weighted by Crippen LogP contribution is 2.28. The van der Waals surface area contributed by atoms with Gasteiger partial charge in [-0.05, 0) is 30.3 Å². The summed E-state index contributed by atoms with van der Waals surface area (Å²) < 4.78 is 18.9. The molecule has 0 bridgehead atoms. The Balaban J connectivity index is 2.04. The van der Waals surface area contributed by atoms with Gasteiger partial charge in [-0.25, -0.2) is 4.39 Å². The highest BCUT2D eigenvalue weighted by atomic mass is 35.5. The van der Waals surface area contributed by atoms with Crippen LogP contribution in [-0.4, -0.2) is 10.1 Å². The largest absolute Gasteiger partial charge is 0.399 e. The van der Waals surface area contributed by atoms with Crippen molar-refractivity contribution in [2.24, 2.45) is 0 Å². The standard InChI is InChI=1S/C14H9ClFN3O/c15-11-4-2-1-3-9(11)13-18-14(20-19-13)10-6-5-8(17)7-12(10)16/h1-7H,17H2. The molecule has 2 N–H and O–H groups in total. The molecular formula is C14H9ClFN3O. The Hall–Kier alpha value is -2.40. The number of nitrogens with two attached hydrogens (primary N) is 1. The molecule has 0 fully saturated rings. The van der Waals surface area contributed by atoms with Gasteiger partial charge in [-0.3, -0.25) is 0 Å². The van der Waals surface area contributed by atoms with Crippen LogP contribution in [0.15, 0.2) is 47.0 Å². The van der Waals surface area contributed by atoms with E-state index in [1.807, 2.05) is 0 Å². The number of nitrogen functional groups attached to an aromatic ring is 1. The Kier molecular flexibility index (Phi) is 3.12. The molecule has 6 heteroatoms. The summed E-state index contributed by atoms with van der Waals surface area (Å²) in [7, 11) is 0. The van der Waals surface area contributed by atoms with Crippen LogP contribution in [0.2, 0.25) is 5.02 Å². The molecule has 0 atom stereocenters. The number of halogens is 2. The highest BCUT2D eigenvalue weighted by Gasteiger charge is 2.15. The molecule has 1 aromatic heterocycles. The van der Waals surface area contributed by atoms with E-state index in [9.17, 15) is 4.39 Å². The van der Waals surface area contributed by atoms with E-state index in [0.29, 0.717) is 22.1 Å². The van der Waals surface area contributed by atoms with Gasteiger partial charge in [-0.15, -0.1) is 0 Å². The molecule has 0 aliphatic rings. The monoisotopic (exact) mass is 289 g/mol. The van der Waals surface area contributed by atoms with Crippen LogP contribution in [-0.2, 0) is 0 Å². The van der Waals surface area contributed by atoms with Gasteiger partial charge in [0.1, 0.15) is 5.82 Å². The summed E-state index contributed by atoms with van der Waals surface area (Å²) in [4.78, 5) is 4.16. The summed E-state index contributed by atoms with van der Waals surface area (Å²) >= 11 is 6.05. The van der Waals surface area contributed by atoms with E-state index >= 15 is 0 Å². The number of rotatable bonds is 2. The summed E-state index contributed by atoms with van der Waals surface area (Å²) in [5.74, 6) is -0.126. The molecular weight excluding hydrogens is 281 g/mol. The molecule has 4 nitrogen and oxygen atoms in total. The summed E-state index contributed by atoms with van der Waals surface area (Å²) in [6.07, 6.45) is 0. The van der Waals surface area contributed by atoms with Gasteiger partial charge in [0.2, 0.25) is 5.82 Å². The van der Waals surface area contributed by atoms with Gasteiger partial charge in [0.25, 0.3) is 5.89 Å². The van der Waals surface area contributed by atoms with Crippen molar-refractivity contribution in [1.29, 1.82) is 0 Å². The van der Waals surface area contributed by atoms with Crippen LogP contribution < -0.4 is 5.73 Å². The Morgan fingerprint density at radius 2 is 1.90 bits per heavy atom. The predicted molar refractivity (Wildman–Crippen MR) is 74.6 cm³/mol. The van der Waals surface area contributed by atoms with Crippen LogP contribution in [0.3, 0.4) is 0 Å². The van der Waals surface area contributed by atoms with Crippen LogP contribution in [0.1, 0.15) is 0 Å². The van der Waals surface area contributed by atoms with Gasteiger partial charge in [0.05, 0.1) is 10.6 Å².